The minimum atomic E-state index is -0.0831. The Labute approximate surface area is 317 Å². The molecule has 0 radical (unpaired) electrons. The van der Waals surface area contributed by atoms with Crippen LogP contribution in [-0.2, 0) is 26.5 Å². The maximum atomic E-state index is 6.77. The summed E-state index contributed by atoms with van der Waals surface area (Å²) in [6, 6.07) is 38.5. The third-order valence-corrected chi connectivity index (χ3v) is 9.98. The first-order chi connectivity index (χ1) is 24.6. The van der Waals surface area contributed by atoms with Gasteiger partial charge in [-0.15, -0.1) is 17.5 Å². The summed E-state index contributed by atoms with van der Waals surface area (Å²) < 4.78 is 17.4. The Morgan fingerprint density at radius 1 is 0.808 bits per heavy atom. The van der Waals surface area contributed by atoms with E-state index >= 15 is 0 Å². The van der Waals surface area contributed by atoms with Gasteiger partial charge >= 0.3 is 21.1 Å². The first-order valence-corrected chi connectivity index (χ1v) is 17.4. The number of ether oxygens (including phenoxy) is 1. The molecule has 1 atom stereocenters. The Balaban J connectivity index is 0.00000387. The van der Waals surface area contributed by atoms with Crippen molar-refractivity contribution in [3.63, 3.8) is 0 Å². The van der Waals surface area contributed by atoms with E-state index in [9.17, 15) is 0 Å². The van der Waals surface area contributed by atoms with Crippen LogP contribution in [0.5, 0.6) is 11.5 Å². The third kappa shape index (κ3) is 5.57. The molecule has 0 spiro atoms. The summed E-state index contributed by atoms with van der Waals surface area (Å²) in [4.78, 5) is 4.84. The number of azo groups is 2. The average Bonchev–Trinajstić information content (AvgIpc) is 3.82. The molecule has 3 aromatic heterocycles. The summed E-state index contributed by atoms with van der Waals surface area (Å²) in [5, 5.41) is 8.98. The Bertz CT molecular complexity index is 2740. The van der Waals surface area contributed by atoms with Gasteiger partial charge in [0.1, 0.15) is 17.1 Å². The predicted molar refractivity (Wildman–Crippen MR) is 204 cm³/mol. The zero-order chi connectivity index (χ0) is 35.0. The van der Waals surface area contributed by atoms with Gasteiger partial charge in [-0.25, -0.2) is 4.98 Å². The van der Waals surface area contributed by atoms with E-state index in [-0.39, 0.29) is 32.5 Å². The Morgan fingerprint density at radius 2 is 1.56 bits per heavy atom. The van der Waals surface area contributed by atoms with Crippen LogP contribution in [0.3, 0.4) is 0 Å². The van der Waals surface area contributed by atoms with Gasteiger partial charge < -0.3 is 13.7 Å². The van der Waals surface area contributed by atoms with Crippen LogP contribution >= 0.6 is 0 Å². The van der Waals surface area contributed by atoms with Crippen LogP contribution in [0.15, 0.2) is 119 Å². The quantitative estimate of drug-likeness (QED) is 0.128. The smallest absolute Gasteiger partial charge is 0.512 e. The number of hydrogen-bond donors (Lipinski definition) is 0. The van der Waals surface area contributed by atoms with Gasteiger partial charge in [-0.05, 0) is 77.6 Å². The van der Waals surface area contributed by atoms with Gasteiger partial charge in [-0.1, -0.05) is 103 Å². The minimum absolute atomic E-state index is 0. The maximum absolute atomic E-state index is 6.77. The maximum Gasteiger partial charge on any atom is 2.00 e. The fourth-order valence-corrected chi connectivity index (χ4v) is 7.64. The van der Waals surface area contributed by atoms with Crippen LogP contribution in [-0.4, -0.2) is 14.2 Å². The van der Waals surface area contributed by atoms with E-state index in [1.807, 2.05) is 41.4 Å². The Morgan fingerprint density at radius 3 is 2.35 bits per heavy atom. The molecule has 0 fully saturated rings. The van der Waals surface area contributed by atoms with Gasteiger partial charge in [-0.2, -0.15) is 6.07 Å². The summed E-state index contributed by atoms with van der Waals surface area (Å²) in [7, 11) is 0. The first kappa shape index (κ1) is 33.8. The molecule has 0 bridgehead atoms. The molecule has 1 aliphatic heterocycles. The van der Waals surface area contributed by atoms with Crippen molar-refractivity contribution < 1.29 is 34.9 Å². The van der Waals surface area contributed by atoms with Gasteiger partial charge in [0, 0.05) is 34.5 Å². The van der Waals surface area contributed by atoms with E-state index in [1.54, 1.807) is 0 Å². The molecule has 0 saturated heterocycles. The van der Waals surface area contributed by atoms with Crippen LogP contribution in [0.4, 0.5) is 5.69 Å². The molecule has 9 rings (SSSR count). The molecule has 1 aliphatic rings. The van der Waals surface area contributed by atoms with Gasteiger partial charge in [0.05, 0.1) is 17.5 Å². The van der Waals surface area contributed by atoms with Crippen molar-refractivity contribution in [1.29, 1.82) is 0 Å². The average molecular weight is 861 g/mol. The van der Waals surface area contributed by atoms with Crippen molar-refractivity contribution in [2.45, 2.75) is 53.0 Å². The molecular formula is C45H37N4O2Pt+. The van der Waals surface area contributed by atoms with Crippen LogP contribution in [0.25, 0.3) is 49.6 Å². The Hall–Kier alpha value is -5.32. The predicted octanol–water partition coefficient (Wildman–Crippen LogP) is 12.1. The minimum Gasteiger partial charge on any atom is -0.512 e. The largest absolute Gasteiger partial charge is 2.00 e. The van der Waals surface area contributed by atoms with Crippen molar-refractivity contribution in [3.8, 4) is 17.3 Å². The molecule has 0 aliphatic carbocycles. The number of rotatable bonds is 5. The Kier molecular flexibility index (Phi) is 8.27. The fourth-order valence-electron chi connectivity index (χ4n) is 7.64. The summed E-state index contributed by atoms with van der Waals surface area (Å²) in [6.45, 7) is 13.1. The molecule has 1 unspecified atom stereocenters. The molecule has 5 aromatic carbocycles. The third-order valence-electron chi connectivity index (χ3n) is 9.98. The summed E-state index contributed by atoms with van der Waals surface area (Å²) >= 11 is 0. The van der Waals surface area contributed by atoms with Gasteiger partial charge in [0.25, 0.3) is 0 Å². The standard InChI is InChI=1S/C45H37N4O2.Pt/c1-27-21-28(2)43(29(3)22-27)38-18-20-47-49(38)31-24-36-35-12-8-10-14-40(35)51-44(36)41(25-31)50-32-15-16-34-33-11-7-9-13-37(33)48(39(34)26-32)42-23-30(17-19-46-42)45(4,5)6;/h7-24,38H,1-6H3;/q-1;+2. The van der Waals surface area contributed by atoms with E-state index in [0.29, 0.717) is 17.1 Å². The molecular weight excluding hydrogens is 824 g/mol. The number of para-hydroxylation sites is 2. The van der Waals surface area contributed by atoms with Crippen molar-refractivity contribution in [1.82, 2.24) is 9.55 Å². The van der Waals surface area contributed by atoms with E-state index in [4.69, 9.17) is 19.3 Å². The van der Waals surface area contributed by atoms with E-state index in [1.165, 1.54) is 27.8 Å². The number of nitrogens with zero attached hydrogens (tertiary/aromatic N) is 4. The topological polar surface area (TPSA) is 55.6 Å². The number of furan rings is 1. The van der Waals surface area contributed by atoms with Gasteiger partial charge in [0.2, 0.25) is 6.04 Å². The van der Waals surface area contributed by atoms with Gasteiger partial charge in [-0.3, -0.25) is 0 Å². The second-order valence-corrected chi connectivity index (χ2v) is 14.6. The van der Waals surface area contributed by atoms with Crippen LogP contribution < -0.4 is 4.74 Å². The zero-order valence-corrected chi connectivity index (χ0v) is 32.2. The summed E-state index contributed by atoms with van der Waals surface area (Å²) in [6.07, 6.45) is 5.90. The zero-order valence-electron chi connectivity index (χ0n) is 29.9. The normalized spacial score (nSPS) is 14.4. The number of aryl methyl sites for hydroxylation is 3. The second-order valence-electron chi connectivity index (χ2n) is 14.6. The van der Waals surface area contributed by atoms with Crippen LogP contribution in [0.2, 0.25) is 0 Å². The molecule has 0 amide bonds. The van der Waals surface area contributed by atoms with Crippen molar-refractivity contribution >= 4 is 49.4 Å². The number of fused-ring (bicyclic) bond motifs is 6. The van der Waals surface area contributed by atoms with Gasteiger partial charge in [0.15, 0.2) is 0 Å². The number of hydrogen-bond acceptors (Lipinski definition) is 4. The molecule has 7 heteroatoms. The van der Waals surface area contributed by atoms with E-state index in [0.717, 1.165) is 49.7 Å². The van der Waals surface area contributed by atoms with Crippen LogP contribution in [0.1, 0.15) is 54.6 Å². The molecule has 8 aromatic rings. The number of benzene rings is 5. The molecule has 258 valence electrons. The molecule has 0 N–H and O–H groups in total. The van der Waals surface area contributed by atoms with E-state index < -0.39 is 0 Å². The van der Waals surface area contributed by atoms with Crippen molar-refractivity contribution in [3.05, 3.63) is 149 Å². The second kappa shape index (κ2) is 12.7. The molecule has 0 saturated carbocycles. The monoisotopic (exact) mass is 860 g/mol. The first-order valence-electron chi connectivity index (χ1n) is 17.4. The fraction of sp³-hybridized carbons (Fsp3) is 0.178. The number of pyridine rings is 1. The number of aromatic nitrogens is 2. The molecule has 4 heterocycles. The SMILES string of the molecule is Cc1cc(C)c(C2C=CN=[N+]2c2[c-]c(Oc3[c-]c4c(cc3)c3ccccc3n4-c3cc(C(C)(C)C)ccn3)c3oc4ccccc4c3c2)c(C)c1.[Pt+2]. The van der Waals surface area contributed by atoms with Crippen LogP contribution in [0, 0.1) is 32.9 Å². The van der Waals surface area contributed by atoms with Crippen molar-refractivity contribution in [2.24, 2.45) is 5.11 Å². The molecule has 6 nitrogen and oxygen atoms in total. The summed E-state index contributed by atoms with van der Waals surface area (Å²) in [5.41, 5.74) is 10.3. The van der Waals surface area contributed by atoms with E-state index in [2.05, 4.69) is 131 Å². The van der Waals surface area contributed by atoms with Crippen molar-refractivity contribution in [2.75, 3.05) is 0 Å². The molecule has 52 heavy (non-hydrogen) atoms. The summed E-state index contributed by atoms with van der Waals surface area (Å²) in [5.74, 6) is 1.86.